The average Bonchev–Trinajstić information content (AvgIpc) is 3.29. The van der Waals surface area contributed by atoms with Gasteiger partial charge in [-0.3, -0.25) is 9.48 Å². The summed E-state index contributed by atoms with van der Waals surface area (Å²) in [5.41, 5.74) is 1.78. The van der Waals surface area contributed by atoms with Crippen molar-refractivity contribution in [2.75, 3.05) is 7.05 Å². The van der Waals surface area contributed by atoms with Crippen molar-refractivity contribution >= 4 is 17.5 Å². The van der Waals surface area contributed by atoms with Crippen LogP contribution in [0.5, 0.6) is 5.75 Å². The number of aromatic nitrogens is 2. The number of nitrogens with zero attached hydrogens (tertiary/aromatic N) is 3. The number of carbonyl (C=O) groups is 1. The van der Waals surface area contributed by atoms with Crippen LogP contribution >= 0.6 is 11.6 Å². The van der Waals surface area contributed by atoms with Crippen LogP contribution in [0.15, 0.2) is 47.0 Å². The van der Waals surface area contributed by atoms with E-state index in [-0.39, 0.29) is 18.3 Å². The molecule has 0 N–H and O–H groups in total. The Bertz CT molecular complexity index is 932. The molecule has 3 aromatic rings. The number of halogens is 1. The third kappa shape index (κ3) is 4.71. The predicted octanol–water partition coefficient (Wildman–Crippen LogP) is 4.31. The second-order valence-corrected chi connectivity index (χ2v) is 6.72. The van der Waals surface area contributed by atoms with Crippen LogP contribution in [0.25, 0.3) is 0 Å². The minimum Gasteiger partial charge on any atom is -0.485 e. The first-order chi connectivity index (χ1) is 13.0. The van der Waals surface area contributed by atoms with Crippen LogP contribution in [-0.4, -0.2) is 27.6 Å². The van der Waals surface area contributed by atoms with Gasteiger partial charge in [-0.1, -0.05) is 11.6 Å². The first-order valence-electron chi connectivity index (χ1n) is 8.71. The van der Waals surface area contributed by atoms with Gasteiger partial charge in [-0.05, 0) is 55.8 Å². The lowest BCUT2D eigenvalue weighted by molar-refractivity contribution is 0.0747. The standard InChI is InChI=1S/C20H22ClN3O3/c1-4-24-10-9-16(22-24)12-23(3)20(25)19-8-6-17(27-19)13-26-18-7-5-15(21)11-14(18)2/h5-11H,4,12-13H2,1-3H3. The fraction of sp³-hybridized carbons (Fsp3) is 0.300. The van der Waals surface area contributed by atoms with Crippen molar-refractivity contribution in [3.63, 3.8) is 0 Å². The Labute approximate surface area is 163 Å². The van der Waals surface area contributed by atoms with Gasteiger partial charge in [0.1, 0.15) is 18.1 Å². The highest BCUT2D eigenvalue weighted by Gasteiger charge is 2.17. The van der Waals surface area contributed by atoms with E-state index in [0.717, 1.165) is 23.6 Å². The summed E-state index contributed by atoms with van der Waals surface area (Å²) < 4.78 is 13.2. The Kier molecular flexibility index (Phi) is 5.86. The zero-order valence-corrected chi connectivity index (χ0v) is 16.4. The van der Waals surface area contributed by atoms with E-state index < -0.39 is 0 Å². The Hall–Kier alpha value is -2.73. The smallest absolute Gasteiger partial charge is 0.289 e. The summed E-state index contributed by atoms with van der Waals surface area (Å²) in [5.74, 6) is 1.39. The average molecular weight is 388 g/mol. The third-order valence-electron chi connectivity index (χ3n) is 4.15. The van der Waals surface area contributed by atoms with Gasteiger partial charge in [0.05, 0.1) is 12.2 Å². The van der Waals surface area contributed by atoms with Crippen molar-refractivity contribution in [3.8, 4) is 5.75 Å². The molecule has 1 aromatic carbocycles. The van der Waals surface area contributed by atoms with Gasteiger partial charge in [-0.2, -0.15) is 5.10 Å². The second-order valence-electron chi connectivity index (χ2n) is 6.29. The summed E-state index contributed by atoms with van der Waals surface area (Å²) in [5, 5.41) is 5.05. The van der Waals surface area contributed by atoms with E-state index in [1.807, 2.05) is 42.9 Å². The molecule has 0 aliphatic heterocycles. The second kappa shape index (κ2) is 8.31. The molecule has 2 aromatic heterocycles. The van der Waals surface area contributed by atoms with Gasteiger partial charge >= 0.3 is 0 Å². The molecule has 0 aliphatic carbocycles. The minimum absolute atomic E-state index is 0.199. The normalized spacial score (nSPS) is 10.8. The summed E-state index contributed by atoms with van der Waals surface area (Å²) in [6, 6.07) is 10.7. The molecule has 7 heteroatoms. The molecule has 2 heterocycles. The molecule has 0 saturated heterocycles. The van der Waals surface area contributed by atoms with Gasteiger partial charge in [0.2, 0.25) is 0 Å². The summed E-state index contributed by atoms with van der Waals surface area (Å²) in [7, 11) is 1.73. The van der Waals surface area contributed by atoms with Crippen molar-refractivity contribution in [2.24, 2.45) is 0 Å². The molecule has 0 fully saturated rings. The maximum Gasteiger partial charge on any atom is 0.289 e. The van der Waals surface area contributed by atoms with Gasteiger partial charge in [0, 0.05) is 24.8 Å². The highest BCUT2D eigenvalue weighted by molar-refractivity contribution is 6.30. The molecule has 0 aliphatic rings. The number of rotatable bonds is 7. The molecule has 0 atom stereocenters. The number of amides is 1. The third-order valence-corrected chi connectivity index (χ3v) is 4.38. The minimum atomic E-state index is -0.199. The maximum absolute atomic E-state index is 12.5. The van der Waals surface area contributed by atoms with Crippen molar-refractivity contribution in [1.29, 1.82) is 0 Å². The molecule has 0 bridgehead atoms. The number of hydrogen-bond donors (Lipinski definition) is 0. The Morgan fingerprint density at radius 1 is 1.30 bits per heavy atom. The van der Waals surface area contributed by atoms with E-state index in [9.17, 15) is 4.79 Å². The van der Waals surface area contributed by atoms with E-state index >= 15 is 0 Å². The summed E-state index contributed by atoms with van der Waals surface area (Å²) in [6.07, 6.45) is 1.90. The van der Waals surface area contributed by atoms with E-state index in [1.54, 1.807) is 30.1 Å². The Morgan fingerprint density at radius 2 is 2.11 bits per heavy atom. The van der Waals surface area contributed by atoms with Crippen molar-refractivity contribution in [1.82, 2.24) is 14.7 Å². The van der Waals surface area contributed by atoms with Crippen LogP contribution < -0.4 is 4.74 Å². The van der Waals surface area contributed by atoms with Crippen molar-refractivity contribution in [3.05, 3.63) is 70.4 Å². The van der Waals surface area contributed by atoms with Crippen LogP contribution in [-0.2, 0) is 19.7 Å². The number of ether oxygens (including phenoxy) is 1. The lowest BCUT2D eigenvalue weighted by Crippen LogP contribution is -2.26. The molecule has 27 heavy (non-hydrogen) atoms. The molecule has 1 amide bonds. The van der Waals surface area contributed by atoms with E-state index in [2.05, 4.69) is 5.10 Å². The van der Waals surface area contributed by atoms with Gasteiger partial charge in [0.25, 0.3) is 5.91 Å². The van der Waals surface area contributed by atoms with Gasteiger partial charge in [-0.15, -0.1) is 0 Å². The van der Waals surface area contributed by atoms with Crippen LogP contribution in [0.2, 0.25) is 5.02 Å². The topological polar surface area (TPSA) is 60.5 Å². The monoisotopic (exact) mass is 387 g/mol. The van der Waals surface area contributed by atoms with E-state index in [0.29, 0.717) is 17.3 Å². The van der Waals surface area contributed by atoms with Crippen LogP contribution in [0.3, 0.4) is 0 Å². The summed E-state index contributed by atoms with van der Waals surface area (Å²) >= 11 is 5.95. The van der Waals surface area contributed by atoms with Crippen LogP contribution in [0.4, 0.5) is 0 Å². The van der Waals surface area contributed by atoms with Gasteiger partial charge in [0.15, 0.2) is 5.76 Å². The zero-order valence-electron chi connectivity index (χ0n) is 15.6. The quantitative estimate of drug-likeness (QED) is 0.606. The Balaban J connectivity index is 1.59. The molecule has 0 spiro atoms. The van der Waals surface area contributed by atoms with Crippen molar-refractivity contribution in [2.45, 2.75) is 33.5 Å². The fourth-order valence-electron chi connectivity index (χ4n) is 2.66. The zero-order chi connectivity index (χ0) is 19.4. The Morgan fingerprint density at radius 3 is 2.81 bits per heavy atom. The molecule has 3 rings (SSSR count). The van der Waals surface area contributed by atoms with Gasteiger partial charge in [-0.25, -0.2) is 0 Å². The molecule has 0 radical (unpaired) electrons. The number of benzene rings is 1. The highest BCUT2D eigenvalue weighted by atomic mass is 35.5. The van der Waals surface area contributed by atoms with Gasteiger partial charge < -0.3 is 14.1 Å². The summed E-state index contributed by atoms with van der Waals surface area (Å²) in [4.78, 5) is 14.1. The van der Waals surface area contributed by atoms with Crippen LogP contribution in [0.1, 0.15) is 34.5 Å². The largest absolute Gasteiger partial charge is 0.485 e. The van der Waals surface area contributed by atoms with Crippen molar-refractivity contribution < 1.29 is 13.9 Å². The molecule has 142 valence electrons. The lowest BCUT2D eigenvalue weighted by Gasteiger charge is -2.14. The maximum atomic E-state index is 12.5. The van der Waals surface area contributed by atoms with E-state index in [1.165, 1.54) is 0 Å². The SMILES string of the molecule is CCn1ccc(CN(C)C(=O)c2ccc(COc3ccc(Cl)cc3C)o2)n1. The molecule has 6 nitrogen and oxygen atoms in total. The summed E-state index contributed by atoms with van der Waals surface area (Å²) in [6.45, 7) is 5.39. The fourth-order valence-corrected chi connectivity index (χ4v) is 2.89. The number of carbonyl (C=O) groups excluding carboxylic acids is 1. The molecular formula is C20H22ClN3O3. The number of hydrogen-bond acceptors (Lipinski definition) is 4. The molecule has 0 unspecified atom stereocenters. The number of aryl methyl sites for hydroxylation is 2. The highest BCUT2D eigenvalue weighted by Crippen LogP contribution is 2.23. The number of furan rings is 1. The van der Waals surface area contributed by atoms with E-state index in [4.69, 9.17) is 20.8 Å². The molecule has 0 saturated carbocycles. The first-order valence-corrected chi connectivity index (χ1v) is 9.09. The first kappa shape index (κ1) is 19.0. The van der Waals surface area contributed by atoms with Crippen LogP contribution in [0, 0.1) is 6.92 Å². The molecular weight excluding hydrogens is 366 g/mol. The lowest BCUT2D eigenvalue weighted by atomic mass is 10.2. The predicted molar refractivity (Wildman–Crippen MR) is 103 cm³/mol.